The zero-order valence-corrected chi connectivity index (χ0v) is 16.2. The molecule has 0 spiro atoms. The van der Waals surface area contributed by atoms with Crippen LogP contribution in [0.4, 0.5) is 10.5 Å². The first-order valence-corrected chi connectivity index (χ1v) is 9.79. The van der Waals surface area contributed by atoms with Gasteiger partial charge < -0.3 is 14.1 Å². The molecule has 27 heavy (non-hydrogen) atoms. The third-order valence-corrected chi connectivity index (χ3v) is 5.73. The van der Waals surface area contributed by atoms with Crippen LogP contribution in [0.5, 0.6) is 0 Å². The molecule has 0 radical (unpaired) electrons. The molecular weight excluding hydrogens is 374 g/mol. The fraction of sp³-hybridized carbons (Fsp3) is 0.529. The Hall–Kier alpha value is -2.49. The van der Waals surface area contributed by atoms with E-state index in [-0.39, 0.29) is 22.3 Å². The number of hydrogen-bond acceptors (Lipinski definition) is 7. The Balaban J connectivity index is 1.66. The predicted octanol–water partition coefficient (Wildman–Crippen LogP) is 3.24. The maximum absolute atomic E-state index is 12.8. The van der Waals surface area contributed by atoms with E-state index in [4.69, 9.17) is 9.15 Å². The van der Waals surface area contributed by atoms with Gasteiger partial charge in [-0.05, 0) is 39.7 Å². The molecule has 1 fully saturated rings. The number of amides is 1. The minimum atomic E-state index is -1.49. The smallest absolute Gasteiger partial charge is 0.410 e. The summed E-state index contributed by atoms with van der Waals surface area (Å²) in [6, 6.07) is 4.07. The van der Waals surface area contributed by atoms with E-state index in [9.17, 15) is 19.1 Å². The van der Waals surface area contributed by atoms with Crippen LogP contribution in [0.3, 0.4) is 0 Å². The molecule has 0 unspecified atom stereocenters. The fourth-order valence-electron chi connectivity index (χ4n) is 2.82. The van der Waals surface area contributed by atoms with Gasteiger partial charge in [0.2, 0.25) is 0 Å². The molecule has 2 aromatic rings. The van der Waals surface area contributed by atoms with Crippen molar-refractivity contribution < 1.29 is 23.1 Å². The number of non-ortho nitro benzene ring substituents is 1. The number of carbonyl (C=O) groups excluding carboxylic acids is 1. The first kappa shape index (κ1) is 19.3. The minimum Gasteiger partial charge on any atom is -0.444 e. The van der Waals surface area contributed by atoms with Crippen LogP contribution in [0.2, 0.25) is 0 Å². The summed E-state index contributed by atoms with van der Waals surface area (Å²) in [5, 5.41) is 10.7. The number of piperidine rings is 1. The molecule has 0 saturated carbocycles. The summed E-state index contributed by atoms with van der Waals surface area (Å²) in [7, 11) is -1.49. The lowest BCUT2D eigenvalue weighted by Crippen LogP contribution is -2.43. The number of nitro groups is 1. The largest absolute Gasteiger partial charge is 0.444 e. The van der Waals surface area contributed by atoms with Crippen molar-refractivity contribution in [3.05, 3.63) is 28.3 Å². The van der Waals surface area contributed by atoms with Crippen molar-refractivity contribution in [2.24, 2.45) is 0 Å². The molecule has 146 valence electrons. The van der Waals surface area contributed by atoms with Gasteiger partial charge in [0.15, 0.2) is 5.58 Å². The number of nitrogens with zero attached hydrogens (tertiary/aromatic N) is 3. The third kappa shape index (κ3) is 4.44. The van der Waals surface area contributed by atoms with E-state index in [1.54, 1.807) is 4.90 Å². The summed E-state index contributed by atoms with van der Waals surface area (Å²) in [4.78, 5) is 28.2. The highest BCUT2D eigenvalue weighted by molar-refractivity contribution is 7.85. The van der Waals surface area contributed by atoms with Crippen molar-refractivity contribution in [1.82, 2.24) is 9.88 Å². The number of ether oxygens (including phenoxy) is 1. The van der Waals surface area contributed by atoms with Crippen LogP contribution >= 0.6 is 0 Å². The molecule has 9 nitrogen and oxygen atoms in total. The molecule has 1 aliphatic rings. The maximum atomic E-state index is 12.8. The van der Waals surface area contributed by atoms with E-state index in [2.05, 4.69) is 4.98 Å². The molecule has 1 atom stereocenters. The topological polar surface area (TPSA) is 116 Å². The molecule has 1 aliphatic heterocycles. The van der Waals surface area contributed by atoms with Gasteiger partial charge in [0.05, 0.1) is 4.92 Å². The summed E-state index contributed by atoms with van der Waals surface area (Å²) in [5.41, 5.74) is 0.00469. The van der Waals surface area contributed by atoms with Gasteiger partial charge in [0.1, 0.15) is 21.9 Å². The Kier molecular flexibility index (Phi) is 5.18. The number of hydrogen-bond donors (Lipinski definition) is 0. The van der Waals surface area contributed by atoms with Crippen LogP contribution in [-0.4, -0.2) is 49.0 Å². The van der Waals surface area contributed by atoms with Gasteiger partial charge in [-0.25, -0.2) is 14.0 Å². The van der Waals surface area contributed by atoms with Crippen molar-refractivity contribution in [2.45, 2.75) is 49.7 Å². The van der Waals surface area contributed by atoms with Gasteiger partial charge in [0.25, 0.3) is 10.9 Å². The monoisotopic (exact) mass is 395 g/mol. The molecule has 1 aromatic carbocycles. The number of aromatic nitrogens is 1. The van der Waals surface area contributed by atoms with Crippen molar-refractivity contribution in [3.63, 3.8) is 0 Å². The molecule has 2 heterocycles. The minimum absolute atomic E-state index is 0.0567. The average molecular weight is 395 g/mol. The van der Waals surface area contributed by atoms with Crippen molar-refractivity contribution in [1.29, 1.82) is 0 Å². The van der Waals surface area contributed by atoms with E-state index in [1.807, 2.05) is 20.8 Å². The van der Waals surface area contributed by atoms with Gasteiger partial charge in [-0.15, -0.1) is 0 Å². The quantitative estimate of drug-likeness (QED) is 0.578. The van der Waals surface area contributed by atoms with Gasteiger partial charge in [0, 0.05) is 30.5 Å². The summed E-state index contributed by atoms with van der Waals surface area (Å²) in [5.74, 6) is 0. The molecule has 3 rings (SSSR count). The second kappa shape index (κ2) is 7.26. The van der Waals surface area contributed by atoms with Crippen LogP contribution < -0.4 is 0 Å². The normalized spacial score (nSPS) is 17.1. The summed E-state index contributed by atoms with van der Waals surface area (Å²) >= 11 is 0. The van der Waals surface area contributed by atoms with Crippen molar-refractivity contribution in [2.75, 3.05) is 13.1 Å². The Labute approximate surface area is 158 Å². The number of fused-ring (bicyclic) bond motifs is 1. The third-order valence-electron chi connectivity index (χ3n) is 4.13. The summed E-state index contributed by atoms with van der Waals surface area (Å²) in [6.45, 7) is 6.31. The summed E-state index contributed by atoms with van der Waals surface area (Å²) in [6.07, 6.45) is 0.691. The fourth-order valence-corrected chi connectivity index (χ4v) is 4.10. The Morgan fingerprint density at radius 3 is 2.63 bits per heavy atom. The molecule has 0 N–H and O–H groups in total. The molecule has 0 aliphatic carbocycles. The number of oxazole rings is 1. The van der Waals surface area contributed by atoms with Crippen molar-refractivity contribution in [3.8, 4) is 0 Å². The number of rotatable bonds is 3. The van der Waals surface area contributed by atoms with E-state index >= 15 is 0 Å². The first-order valence-electron chi connectivity index (χ1n) is 8.57. The average Bonchev–Trinajstić information content (AvgIpc) is 3.02. The van der Waals surface area contributed by atoms with Crippen LogP contribution in [-0.2, 0) is 15.5 Å². The molecule has 10 heteroatoms. The second-order valence-electron chi connectivity index (χ2n) is 7.35. The molecular formula is C17H21N3O6S. The number of nitro benzene ring substituents is 1. The van der Waals surface area contributed by atoms with Gasteiger partial charge in [-0.3, -0.25) is 10.1 Å². The zero-order valence-electron chi connectivity index (χ0n) is 15.3. The van der Waals surface area contributed by atoms with Crippen molar-refractivity contribution >= 4 is 33.7 Å². The lowest BCUT2D eigenvalue weighted by molar-refractivity contribution is -0.384. The van der Waals surface area contributed by atoms with Gasteiger partial charge in [-0.1, -0.05) is 0 Å². The summed E-state index contributed by atoms with van der Waals surface area (Å²) < 4.78 is 23.7. The van der Waals surface area contributed by atoms with Crippen LogP contribution in [0.25, 0.3) is 11.1 Å². The molecule has 0 bridgehead atoms. The second-order valence-corrected chi connectivity index (χ2v) is 8.96. The Morgan fingerprint density at radius 2 is 2.04 bits per heavy atom. The van der Waals surface area contributed by atoms with Gasteiger partial charge >= 0.3 is 6.09 Å². The van der Waals surface area contributed by atoms with Crippen LogP contribution in [0.15, 0.2) is 27.8 Å². The van der Waals surface area contributed by atoms with Gasteiger partial charge in [-0.2, -0.15) is 0 Å². The highest BCUT2D eigenvalue weighted by Crippen LogP contribution is 2.26. The van der Waals surface area contributed by atoms with Crippen LogP contribution in [0, 0.1) is 10.1 Å². The van der Waals surface area contributed by atoms with Crippen LogP contribution in [0.1, 0.15) is 33.6 Å². The SMILES string of the molecule is CC(C)(C)OC(=O)N1CCC([S@@](=O)c2nc3cc([N+](=O)[O-])ccc3o2)CC1. The Bertz CT molecular complexity index is 896. The maximum Gasteiger partial charge on any atom is 0.410 e. The lowest BCUT2D eigenvalue weighted by Gasteiger charge is -2.32. The number of likely N-dealkylation sites (tertiary alicyclic amines) is 1. The van der Waals surface area contributed by atoms with E-state index in [0.29, 0.717) is 37.0 Å². The molecule has 1 saturated heterocycles. The number of benzene rings is 1. The highest BCUT2D eigenvalue weighted by atomic mass is 32.2. The standard InChI is InChI=1S/C17H21N3O6S/c1-17(2,3)26-16(21)19-8-6-12(7-9-19)27(24)15-18-13-10-11(20(22)23)4-5-14(13)25-15/h4-5,10,12H,6-9H2,1-3H3/t27-/m1/s1. The van der Waals surface area contributed by atoms with E-state index in [1.165, 1.54) is 18.2 Å². The zero-order chi connectivity index (χ0) is 19.8. The first-order chi connectivity index (χ1) is 12.6. The number of carbonyl (C=O) groups is 1. The van der Waals surface area contributed by atoms with E-state index in [0.717, 1.165) is 0 Å². The highest BCUT2D eigenvalue weighted by Gasteiger charge is 2.31. The molecule has 1 aromatic heterocycles. The van der Waals surface area contributed by atoms with E-state index < -0.39 is 21.3 Å². The lowest BCUT2D eigenvalue weighted by atomic mass is 10.1. The predicted molar refractivity (Wildman–Crippen MR) is 97.9 cm³/mol. The molecule has 1 amide bonds. The Morgan fingerprint density at radius 1 is 1.37 bits per heavy atom.